The molecule has 1 N–H and O–H groups in total. The van der Waals surface area contributed by atoms with Crippen LogP contribution in [0.15, 0.2) is 48.5 Å². The number of nitriles is 1. The first-order chi connectivity index (χ1) is 14.3. The fourth-order valence-corrected chi connectivity index (χ4v) is 3.23. The maximum absolute atomic E-state index is 13.6. The van der Waals surface area contributed by atoms with E-state index >= 15 is 0 Å². The molecule has 7 nitrogen and oxygen atoms in total. The van der Waals surface area contributed by atoms with Gasteiger partial charge in [-0.05, 0) is 36.8 Å². The average Bonchev–Trinajstić information content (AvgIpc) is 2.95. The zero-order valence-corrected chi connectivity index (χ0v) is 16.1. The molecular formula is C21H18F2N4O3. The summed E-state index contributed by atoms with van der Waals surface area (Å²) in [6.45, 7) is 0.878. The number of carbonyl (C=O) groups is 3. The Kier molecular flexibility index (Phi) is 5.78. The van der Waals surface area contributed by atoms with Gasteiger partial charge in [0.2, 0.25) is 5.91 Å². The molecule has 9 heteroatoms. The lowest BCUT2D eigenvalue weighted by molar-refractivity contribution is -0.134. The molecule has 1 heterocycles. The Morgan fingerprint density at radius 1 is 1.17 bits per heavy atom. The first kappa shape index (κ1) is 20.9. The number of benzene rings is 2. The van der Waals surface area contributed by atoms with Crippen LogP contribution in [-0.2, 0) is 15.1 Å². The minimum Gasteiger partial charge on any atom is -0.319 e. The van der Waals surface area contributed by atoms with E-state index < -0.39 is 41.6 Å². The Labute approximate surface area is 171 Å². The van der Waals surface area contributed by atoms with E-state index in [0.717, 1.165) is 17.0 Å². The molecule has 0 aromatic heterocycles. The van der Waals surface area contributed by atoms with Crippen LogP contribution < -0.4 is 10.2 Å². The molecule has 0 saturated carbocycles. The molecule has 30 heavy (non-hydrogen) atoms. The Morgan fingerprint density at radius 3 is 2.50 bits per heavy atom. The van der Waals surface area contributed by atoms with Crippen molar-refractivity contribution >= 4 is 23.5 Å². The van der Waals surface area contributed by atoms with Crippen LogP contribution in [0.3, 0.4) is 0 Å². The fourth-order valence-electron chi connectivity index (χ4n) is 3.23. The monoisotopic (exact) mass is 412 g/mol. The maximum Gasteiger partial charge on any atom is 0.325 e. The lowest BCUT2D eigenvalue weighted by atomic mass is 9.92. The van der Waals surface area contributed by atoms with Crippen LogP contribution in [0.25, 0.3) is 0 Å². The first-order valence-electron chi connectivity index (χ1n) is 9.10. The third kappa shape index (κ3) is 3.85. The highest BCUT2D eigenvalue weighted by molar-refractivity contribution is 6.10. The van der Waals surface area contributed by atoms with E-state index in [1.165, 1.54) is 17.9 Å². The van der Waals surface area contributed by atoms with Gasteiger partial charge >= 0.3 is 6.03 Å². The van der Waals surface area contributed by atoms with Crippen LogP contribution in [0.2, 0.25) is 0 Å². The molecule has 1 aliphatic rings. The average molecular weight is 412 g/mol. The molecule has 2 aromatic carbocycles. The van der Waals surface area contributed by atoms with Crippen molar-refractivity contribution in [3.8, 4) is 6.07 Å². The van der Waals surface area contributed by atoms with Crippen LogP contribution in [0.5, 0.6) is 0 Å². The summed E-state index contributed by atoms with van der Waals surface area (Å²) >= 11 is 0. The molecule has 0 bridgehead atoms. The molecule has 154 valence electrons. The molecule has 1 saturated heterocycles. The highest BCUT2D eigenvalue weighted by atomic mass is 19.2. The summed E-state index contributed by atoms with van der Waals surface area (Å²) in [4.78, 5) is 40.3. The lowest BCUT2D eigenvalue weighted by Crippen LogP contribution is -2.45. The van der Waals surface area contributed by atoms with Crippen LogP contribution in [0.1, 0.15) is 18.9 Å². The summed E-state index contributed by atoms with van der Waals surface area (Å²) in [5.74, 6) is -3.56. The predicted octanol–water partition coefficient (Wildman–Crippen LogP) is 2.68. The number of urea groups is 1. The lowest BCUT2D eigenvalue weighted by Gasteiger charge is -2.25. The number of hydrogen-bond donors (Lipinski definition) is 1. The maximum atomic E-state index is 13.6. The minimum absolute atomic E-state index is 0.0547. The Morgan fingerprint density at radius 2 is 1.87 bits per heavy atom. The molecule has 0 radical (unpaired) electrons. The smallest absolute Gasteiger partial charge is 0.319 e. The standard InChI is InChI=1S/C21H18F2N4O3/c1-21(14-8-9-16(22)17(23)12-14)19(29)27(20(30)25-21)13-18(28)26(11-5-10-24)15-6-3-2-4-7-15/h2-4,6-9,12H,5,11,13H2,1H3,(H,25,30). The predicted molar refractivity (Wildman–Crippen MR) is 103 cm³/mol. The number of hydrogen-bond acceptors (Lipinski definition) is 4. The van der Waals surface area contributed by atoms with Crippen molar-refractivity contribution < 1.29 is 23.2 Å². The van der Waals surface area contributed by atoms with Crippen molar-refractivity contribution in [2.45, 2.75) is 18.9 Å². The third-order valence-electron chi connectivity index (χ3n) is 4.88. The van der Waals surface area contributed by atoms with Crippen molar-refractivity contribution in [3.63, 3.8) is 0 Å². The van der Waals surface area contributed by atoms with E-state index in [9.17, 15) is 23.2 Å². The second kappa shape index (κ2) is 8.29. The number of carbonyl (C=O) groups excluding carboxylic acids is 3. The van der Waals surface area contributed by atoms with E-state index in [1.54, 1.807) is 30.3 Å². The quantitative estimate of drug-likeness (QED) is 0.739. The van der Waals surface area contributed by atoms with Gasteiger partial charge in [-0.25, -0.2) is 13.6 Å². The van der Waals surface area contributed by atoms with Gasteiger partial charge < -0.3 is 10.2 Å². The summed E-state index contributed by atoms with van der Waals surface area (Å²) in [5, 5.41) is 11.3. The fraction of sp³-hybridized carbons (Fsp3) is 0.238. The normalized spacial score (nSPS) is 18.1. The number of amides is 4. The number of imide groups is 1. The largest absolute Gasteiger partial charge is 0.325 e. The zero-order chi connectivity index (χ0) is 21.9. The Bertz CT molecular complexity index is 1040. The van der Waals surface area contributed by atoms with E-state index in [1.807, 2.05) is 6.07 Å². The number of nitrogens with one attached hydrogen (secondary N) is 1. The van der Waals surface area contributed by atoms with Crippen LogP contribution in [0, 0.1) is 23.0 Å². The number of nitrogens with zero attached hydrogens (tertiary/aromatic N) is 3. The highest BCUT2D eigenvalue weighted by Crippen LogP contribution is 2.30. The summed E-state index contributed by atoms with van der Waals surface area (Å²) < 4.78 is 26.9. The number of anilines is 1. The van der Waals surface area contributed by atoms with Gasteiger partial charge in [0.25, 0.3) is 5.91 Å². The van der Waals surface area contributed by atoms with Crippen molar-refractivity contribution in [2.24, 2.45) is 0 Å². The van der Waals surface area contributed by atoms with Crippen molar-refractivity contribution in [2.75, 3.05) is 18.0 Å². The van der Waals surface area contributed by atoms with E-state index in [-0.39, 0.29) is 18.5 Å². The third-order valence-corrected chi connectivity index (χ3v) is 4.88. The van der Waals surface area contributed by atoms with Gasteiger partial charge in [-0.3, -0.25) is 14.5 Å². The second-order valence-corrected chi connectivity index (χ2v) is 6.86. The number of para-hydroxylation sites is 1. The summed E-state index contributed by atoms with van der Waals surface area (Å²) in [5.41, 5.74) is -1.07. The van der Waals surface area contributed by atoms with Gasteiger partial charge in [0, 0.05) is 12.2 Å². The van der Waals surface area contributed by atoms with E-state index in [0.29, 0.717) is 5.69 Å². The van der Waals surface area contributed by atoms with Gasteiger partial charge in [-0.1, -0.05) is 24.3 Å². The molecule has 4 amide bonds. The molecular weight excluding hydrogens is 394 g/mol. The van der Waals surface area contributed by atoms with E-state index in [2.05, 4.69) is 5.32 Å². The molecule has 2 aromatic rings. The van der Waals surface area contributed by atoms with Crippen molar-refractivity contribution in [1.29, 1.82) is 5.26 Å². The number of halogens is 2. The van der Waals surface area contributed by atoms with Gasteiger partial charge in [-0.15, -0.1) is 0 Å². The summed E-state index contributed by atoms with van der Waals surface area (Å²) in [7, 11) is 0. The summed E-state index contributed by atoms with van der Waals surface area (Å²) in [6, 6.07) is 12.6. The van der Waals surface area contributed by atoms with Crippen LogP contribution in [0.4, 0.5) is 19.3 Å². The molecule has 0 spiro atoms. The van der Waals surface area contributed by atoms with Gasteiger partial charge in [-0.2, -0.15) is 5.26 Å². The molecule has 1 fully saturated rings. The SMILES string of the molecule is CC1(c2ccc(F)c(F)c2)NC(=O)N(CC(=O)N(CCC#N)c2ccccc2)C1=O. The van der Waals surface area contributed by atoms with Gasteiger partial charge in [0.1, 0.15) is 12.1 Å². The molecule has 1 unspecified atom stereocenters. The van der Waals surface area contributed by atoms with Gasteiger partial charge in [0.05, 0.1) is 12.5 Å². The first-order valence-corrected chi connectivity index (χ1v) is 9.10. The van der Waals surface area contributed by atoms with Crippen LogP contribution in [-0.4, -0.2) is 35.8 Å². The minimum atomic E-state index is -1.64. The van der Waals surface area contributed by atoms with Gasteiger partial charge in [0.15, 0.2) is 11.6 Å². The highest BCUT2D eigenvalue weighted by Gasteiger charge is 2.50. The zero-order valence-electron chi connectivity index (χ0n) is 16.1. The van der Waals surface area contributed by atoms with E-state index in [4.69, 9.17) is 5.26 Å². The molecule has 0 aliphatic carbocycles. The van der Waals surface area contributed by atoms with Crippen molar-refractivity contribution in [1.82, 2.24) is 10.2 Å². The molecule has 1 atom stereocenters. The Balaban J connectivity index is 1.84. The number of rotatable bonds is 6. The Hall–Kier alpha value is -3.80. The second-order valence-electron chi connectivity index (χ2n) is 6.86. The topological polar surface area (TPSA) is 93.5 Å². The van der Waals surface area contributed by atoms with Crippen LogP contribution >= 0.6 is 0 Å². The molecule has 1 aliphatic heterocycles. The molecule has 3 rings (SSSR count). The summed E-state index contributed by atoms with van der Waals surface area (Å²) in [6.07, 6.45) is 0.0628. The van der Waals surface area contributed by atoms with Crippen molar-refractivity contribution in [3.05, 3.63) is 65.7 Å².